The first kappa shape index (κ1) is 23.8. The van der Waals surface area contributed by atoms with Crippen LogP contribution >= 0.6 is 0 Å². The molecule has 1 N–H and O–H groups in total. The molecular formula is C27H31NO6. The number of fused-ring (bicyclic) bond motifs is 1. The van der Waals surface area contributed by atoms with Gasteiger partial charge in [0, 0.05) is 25.6 Å². The molecule has 0 saturated carbocycles. The Morgan fingerprint density at radius 2 is 2.00 bits per heavy atom. The number of carbonyl (C=O) groups is 2. The predicted octanol–water partition coefficient (Wildman–Crippen LogP) is 4.26. The van der Waals surface area contributed by atoms with Crippen LogP contribution in [0.3, 0.4) is 0 Å². The maximum absolute atomic E-state index is 13.2. The number of ketones is 1. The quantitative estimate of drug-likeness (QED) is 0.258. The van der Waals surface area contributed by atoms with Gasteiger partial charge in [0.15, 0.2) is 0 Å². The van der Waals surface area contributed by atoms with E-state index in [9.17, 15) is 14.7 Å². The number of aliphatic hydroxyl groups excluding tert-OH is 1. The van der Waals surface area contributed by atoms with Crippen LogP contribution < -0.4 is 9.47 Å². The molecule has 0 aliphatic carbocycles. The Balaban J connectivity index is 1.77. The normalized spacial score (nSPS) is 21.0. The number of benzene rings is 2. The fourth-order valence-corrected chi connectivity index (χ4v) is 4.48. The highest BCUT2D eigenvalue weighted by Gasteiger charge is 2.46. The summed E-state index contributed by atoms with van der Waals surface area (Å²) >= 11 is 0. The summed E-state index contributed by atoms with van der Waals surface area (Å²) in [5.74, 6) is -0.118. The molecular weight excluding hydrogens is 434 g/mol. The van der Waals surface area contributed by atoms with Gasteiger partial charge >= 0.3 is 0 Å². The van der Waals surface area contributed by atoms with Crippen molar-refractivity contribution in [1.29, 1.82) is 0 Å². The zero-order valence-electron chi connectivity index (χ0n) is 19.9. The van der Waals surface area contributed by atoms with Crippen LogP contribution in [0.4, 0.5) is 0 Å². The number of carbonyl (C=O) groups excluding carboxylic acids is 2. The van der Waals surface area contributed by atoms with Gasteiger partial charge in [0.1, 0.15) is 23.4 Å². The van der Waals surface area contributed by atoms with Gasteiger partial charge in [-0.1, -0.05) is 25.5 Å². The second-order valence-electron chi connectivity index (χ2n) is 8.71. The molecule has 2 aromatic carbocycles. The Morgan fingerprint density at radius 3 is 2.76 bits per heavy atom. The molecule has 4 rings (SSSR count). The SMILES string of the molecule is CCCCOc1cccc(C2/C(=C(/O)c3ccc4c(c3)CC(C)O4)C(=O)C(=O)N2CCOC)c1. The van der Waals surface area contributed by atoms with Crippen LogP contribution in [0.1, 0.15) is 49.4 Å². The van der Waals surface area contributed by atoms with Crippen LogP contribution in [0.25, 0.3) is 5.76 Å². The number of amides is 1. The lowest BCUT2D eigenvalue weighted by atomic mass is 9.94. The fourth-order valence-electron chi connectivity index (χ4n) is 4.48. The zero-order chi connectivity index (χ0) is 24.2. The lowest BCUT2D eigenvalue weighted by Gasteiger charge is -2.25. The largest absolute Gasteiger partial charge is 0.507 e. The number of ether oxygens (including phenoxy) is 3. The molecule has 180 valence electrons. The molecule has 2 heterocycles. The third-order valence-corrected chi connectivity index (χ3v) is 6.19. The first-order valence-electron chi connectivity index (χ1n) is 11.7. The van der Waals surface area contributed by atoms with Gasteiger partial charge in [-0.05, 0) is 54.8 Å². The maximum Gasteiger partial charge on any atom is 0.295 e. The van der Waals surface area contributed by atoms with E-state index in [0.717, 1.165) is 30.6 Å². The average Bonchev–Trinajstić information content (AvgIpc) is 3.33. The number of methoxy groups -OCH3 is 1. The molecule has 1 fully saturated rings. The second kappa shape index (κ2) is 10.3. The van der Waals surface area contributed by atoms with Crippen LogP contribution in [0, 0.1) is 0 Å². The van der Waals surface area contributed by atoms with Gasteiger partial charge in [-0.3, -0.25) is 9.59 Å². The Labute approximate surface area is 199 Å². The Kier molecular flexibility index (Phi) is 7.22. The molecule has 0 spiro atoms. The molecule has 34 heavy (non-hydrogen) atoms. The first-order valence-corrected chi connectivity index (χ1v) is 11.7. The van der Waals surface area contributed by atoms with Gasteiger partial charge in [0.05, 0.1) is 24.8 Å². The van der Waals surface area contributed by atoms with Crippen LogP contribution in [-0.2, 0) is 20.7 Å². The van der Waals surface area contributed by atoms with E-state index in [4.69, 9.17) is 14.2 Å². The number of nitrogens with zero attached hydrogens (tertiary/aromatic N) is 1. The summed E-state index contributed by atoms with van der Waals surface area (Å²) in [6, 6.07) is 12.0. The Morgan fingerprint density at radius 1 is 1.18 bits per heavy atom. The van der Waals surface area contributed by atoms with Crippen molar-refractivity contribution in [3.63, 3.8) is 0 Å². The summed E-state index contributed by atoms with van der Waals surface area (Å²) in [7, 11) is 1.54. The van der Waals surface area contributed by atoms with Crippen LogP contribution in [0.15, 0.2) is 48.0 Å². The third-order valence-electron chi connectivity index (χ3n) is 6.19. The molecule has 1 amide bonds. The van der Waals surface area contributed by atoms with Crippen molar-refractivity contribution >= 4 is 17.4 Å². The zero-order valence-corrected chi connectivity index (χ0v) is 19.9. The highest BCUT2D eigenvalue weighted by Crippen LogP contribution is 2.41. The molecule has 0 radical (unpaired) electrons. The summed E-state index contributed by atoms with van der Waals surface area (Å²) in [6.45, 7) is 5.15. The second-order valence-corrected chi connectivity index (χ2v) is 8.71. The summed E-state index contributed by atoms with van der Waals surface area (Å²) in [5.41, 5.74) is 2.22. The minimum atomic E-state index is -0.742. The molecule has 0 aromatic heterocycles. The summed E-state index contributed by atoms with van der Waals surface area (Å²) < 4.78 is 16.8. The number of hydrogen-bond acceptors (Lipinski definition) is 6. The third kappa shape index (κ3) is 4.66. The van der Waals surface area contributed by atoms with Crippen LogP contribution in [-0.4, -0.2) is 54.7 Å². The van der Waals surface area contributed by atoms with Gasteiger partial charge < -0.3 is 24.2 Å². The molecule has 1 saturated heterocycles. The molecule has 2 atom stereocenters. The first-order chi connectivity index (χ1) is 16.4. The molecule has 2 unspecified atom stereocenters. The van der Waals surface area contributed by atoms with E-state index >= 15 is 0 Å². The van der Waals surface area contributed by atoms with Gasteiger partial charge in [0.25, 0.3) is 11.7 Å². The lowest BCUT2D eigenvalue weighted by molar-refractivity contribution is -0.140. The lowest BCUT2D eigenvalue weighted by Crippen LogP contribution is -2.32. The van der Waals surface area contributed by atoms with Crippen molar-refractivity contribution in [2.24, 2.45) is 0 Å². The molecule has 2 aliphatic heterocycles. The van der Waals surface area contributed by atoms with Gasteiger partial charge in [-0.25, -0.2) is 0 Å². The molecule has 0 bridgehead atoms. The van der Waals surface area contributed by atoms with Crippen LogP contribution in [0.5, 0.6) is 11.5 Å². The number of likely N-dealkylation sites (tertiary alicyclic amines) is 1. The molecule has 2 aromatic rings. The number of Topliss-reactive ketones (excluding diaryl/α,β-unsaturated/α-hetero) is 1. The highest BCUT2D eigenvalue weighted by molar-refractivity contribution is 6.46. The van der Waals surface area contributed by atoms with Crippen molar-refractivity contribution in [2.75, 3.05) is 26.9 Å². The molecule has 7 heteroatoms. The predicted molar refractivity (Wildman–Crippen MR) is 128 cm³/mol. The van der Waals surface area contributed by atoms with Crippen molar-refractivity contribution in [3.8, 4) is 11.5 Å². The van der Waals surface area contributed by atoms with E-state index < -0.39 is 17.7 Å². The van der Waals surface area contributed by atoms with E-state index in [0.29, 0.717) is 23.5 Å². The minimum Gasteiger partial charge on any atom is -0.507 e. The number of rotatable bonds is 9. The topological polar surface area (TPSA) is 85.3 Å². The number of unbranched alkanes of at least 4 members (excludes halogenated alkanes) is 1. The van der Waals surface area contributed by atoms with E-state index in [2.05, 4.69) is 6.92 Å². The number of aliphatic hydroxyl groups is 1. The van der Waals surface area contributed by atoms with Gasteiger partial charge in [0.2, 0.25) is 0 Å². The standard InChI is InChI=1S/C27H31NO6/c1-4-5-12-33-21-8-6-7-18(16-21)24-23(26(30)27(31)28(24)11-13-32-3)25(29)19-9-10-22-20(15-19)14-17(2)34-22/h6-10,15-17,24,29H,4-5,11-14H2,1-3H3/b25-23-. The Bertz CT molecular complexity index is 1110. The van der Waals surface area contributed by atoms with Crippen LogP contribution in [0.2, 0.25) is 0 Å². The van der Waals surface area contributed by atoms with E-state index in [1.807, 2.05) is 37.3 Å². The van der Waals surface area contributed by atoms with E-state index in [-0.39, 0.29) is 30.6 Å². The average molecular weight is 466 g/mol. The molecule has 2 aliphatic rings. The monoisotopic (exact) mass is 465 g/mol. The van der Waals surface area contributed by atoms with Crippen molar-refractivity contribution in [3.05, 3.63) is 64.7 Å². The summed E-state index contributed by atoms with van der Waals surface area (Å²) in [4.78, 5) is 27.6. The smallest absolute Gasteiger partial charge is 0.295 e. The fraction of sp³-hybridized carbons (Fsp3) is 0.407. The van der Waals surface area contributed by atoms with Crippen molar-refractivity contribution < 1.29 is 28.9 Å². The van der Waals surface area contributed by atoms with Gasteiger partial charge in [-0.2, -0.15) is 0 Å². The summed E-state index contributed by atoms with van der Waals surface area (Å²) in [5, 5.41) is 11.3. The van der Waals surface area contributed by atoms with E-state index in [1.54, 1.807) is 19.2 Å². The number of hydrogen-bond donors (Lipinski definition) is 1. The maximum atomic E-state index is 13.2. The Hall–Kier alpha value is -3.32. The summed E-state index contributed by atoms with van der Waals surface area (Å²) in [6.07, 6.45) is 2.72. The molecule has 7 nitrogen and oxygen atoms in total. The van der Waals surface area contributed by atoms with Crippen molar-refractivity contribution in [2.45, 2.75) is 45.3 Å². The highest BCUT2D eigenvalue weighted by atomic mass is 16.5. The van der Waals surface area contributed by atoms with Gasteiger partial charge in [-0.15, -0.1) is 0 Å². The van der Waals surface area contributed by atoms with Crippen molar-refractivity contribution in [1.82, 2.24) is 4.90 Å². The van der Waals surface area contributed by atoms with E-state index in [1.165, 1.54) is 4.90 Å². The minimum absolute atomic E-state index is 0.0578.